The van der Waals surface area contributed by atoms with Crippen LogP contribution in [0.2, 0.25) is 0 Å². The van der Waals surface area contributed by atoms with Gasteiger partial charge in [0.2, 0.25) is 0 Å². The average molecular weight is 446 g/mol. The van der Waals surface area contributed by atoms with Crippen molar-refractivity contribution in [3.63, 3.8) is 0 Å². The van der Waals surface area contributed by atoms with Gasteiger partial charge in [-0.3, -0.25) is 9.69 Å². The van der Waals surface area contributed by atoms with Crippen molar-refractivity contribution in [2.75, 3.05) is 31.1 Å². The van der Waals surface area contributed by atoms with Crippen molar-refractivity contribution in [1.82, 2.24) is 14.9 Å². The van der Waals surface area contributed by atoms with Crippen LogP contribution in [0.5, 0.6) is 0 Å². The van der Waals surface area contributed by atoms with Crippen LogP contribution in [0.25, 0.3) is 10.9 Å². The zero-order valence-electron chi connectivity index (χ0n) is 18.4. The van der Waals surface area contributed by atoms with Crippen molar-refractivity contribution in [2.24, 2.45) is 0 Å². The molecule has 1 aliphatic carbocycles. The molecule has 2 aromatic heterocycles. The number of aryl methyl sites for hydroxylation is 2. The van der Waals surface area contributed by atoms with Crippen molar-refractivity contribution in [3.05, 3.63) is 58.4 Å². The molecule has 8 heteroatoms. The lowest BCUT2D eigenvalue weighted by atomic mass is 9.94. The summed E-state index contributed by atoms with van der Waals surface area (Å²) in [5.74, 6) is -0.159. The normalized spacial score (nSPS) is 17.5. The molecular weight excluding hydrogens is 418 g/mol. The lowest BCUT2D eigenvalue weighted by molar-refractivity contribution is -0.143. The van der Waals surface area contributed by atoms with Crippen molar-refractivity contribution in [3.8, 4) is 6.07 Å². The molecule has 2 aliphatic rings. The van der Waals surface area contributed by atoms with Gasteiger partial charge >= 0.3 is 5.97 Å². The molecular formula is C25H27N5O3. The fourth-order valence-corrected chi connectivity index (χ4v) is 5.14. The molecule has 1 atom stereocenters. The quantitative estimate of drug-likeness (QED) is 0.553. The Morgan fingerprint density at radius 1 is 1.18 bits per heavy atom. The Bertz CT molecular complexity index is 1240. The molecule has 1 aliphatic heterocycles. The van der Waals surface area contributed by atoms with E-state index >= 15 is 0 Å². The number of piperazine rings is 1. The highest BCUT2D eigenvalue weighted by atomic mass is 16.4. The van der Waals surface area contributed by atoms with Gasteiger partial charge in [-0.2, -0.15) is 5.26 Å². The monoisotopic (exact) mass is 445 g/mol. The number of H-pyrrole nitrogens is 1. The van der Waals surface area contributed by atoms with Crippen LogP contribution < -0.4 is 4.90 Å². The number of anilines is 1. The standard InChI is InChI=1S/C25H27N5O3/c26-13-18-12-17-3-1-2-4-21(17)28-24(18)30-9-7-29(8-10-30)23(25(32)33)20-14-27-22-11-16(15-31)5-6-19(20)22/h5-6,11-12,14,23,27,31H,1-4,7-10,15H2,(H,32,33). The fraction of sp³-hybridized carbons (Fsp3) is 0.400. The summed E-state index contributed by atoms with van der Waals surface area (Å²) in [7, 11) is 0. The number of pyridine rings is 1. The van der Waals surface area contributed by atoms with Crippen LogP contribution in [0, 0.1) is 11.3 Å². The molecule has 1 aromatic carbocycles. The number of aromatic nitrogens is 2. The van der Waals surface area contributed by atoms with Gasteiger partial charge in [-0.1, -0.05) is 12.1 Å². The van der Waals surface area contributed by atoms with E-state index in [1.54, 1.807) is 6.20 Å². The van der Waals surface area contributed by atoms with Gasteiger partial charge in [-0.15, -0.1) is 0 Å². The van der Waals surface area contributed by atoms with Crippen molar-refractivity contribution >= 4 is 22.7 Å². The molecule has 170 valence electrons. The number of aliphatic hydroxyl groups excluding tert-OH is 1. The smallest absolute Gasteiger partial charge is 0.325 e. The summed E-state index contributed by atoms with van der Waals surface area (Å²) in [5.41, 5.74) is 5.22. The Balaban J connectivity index is 1.38. The number of fused-ring (bicyclic) bond motifs is 2. The van der Waals surface area contributed by atoms with Gasteiger partial charge in [0, 0.05) is 54.5 Å². The van der Waals surface area contributed by atoms with Crippen LogP contribution in [0.15, 0.2) is 30.5 Å². The first-order valence-electron chi connectivity index (χ1n) is 11.4. The van der Waals surface area contributed by atoms with Gasteiger partial charge in [0.1, 0.15) is 17.9 Å². The van der Waals surface area contributed by atoms with Crippen molar-refractivity contribution in [1.29, 1.82) is 5.26 Å². The molecule has 8 nitrogen and oxygen atoms in total. The van der Waals surface area contributed by atoms with Gasteiger partial charge in [0.25, 0.3) is 0 Å². The van der Waals surface area contributed by atoms with E-state index < -0.39 is 12.0 Å². The maximum atomic E-state index is 12.3. The van der Waals surface area contributed by atoms with Crippen LogP contribution in [0.3, 0.4) is 0 Å². The van der Waals surface area contributed by atoms with E-state index in [-0.39, 0.29) is 6.61 Å². The van der Waals surface area contributed by atoms with E-state index in [2.05, 4.69) is 16.0 Å². The van der Waals surface area contributed by atoms with Gasteiger partial charge < -0.3 is 20.1 Å². The Hall–Kier alpha value is -3.41. The zero-order valence-corrected chi connectivity index (χ0v) is 18.4. The molecule has 1 unspecified atom stereocenters. The number of carbonyl (C=O) groups is 1. The van der Waals surface area contributed by atoms with E-state index in [0.717, 1.165) is 59.2 Å². The first-order valence-corrected chi connectivity index (χ1v) is 11.4. The summed E-state index contributed by atoms with van der Waals surface area (Å²) in [4.78, 5) is 24.4. The largest absolute Gasteiger partial charge is 0.480 e. The summed E-state index contributed by atoms with van der Waals surface area (Å²) in [6.07, 6.45) is 5.96. The van der Waals surface area contributed by atoms with Gasteiger partial charge in [-0.05, 0) is 48.9 Å². The number of hydrogen-bond acceptors (Lipinski definition) is 6. The Morgan fingerprint density at radius 3 is 2.70 bits per heavy atom. The topological polar surface area (TPSA) is 116 Å². The first kappa shape index (κ1) is 21.4. The molecule has 0 amide bonds. The van der Waals surface area contributed by atoms with Crippen molar-refractivity contribution in [2.45, 2.75) is 38.3 Å². The zero-order chi connectivity index (χ0) is 22.9. The second-order valence-corrected chi connectivity index (χ2v) is 8.83. The second-order valence-electron chi connectivity index (χ2n) is 8.83. The van der Waals surface area contributed by atoms with E-state index in [4.69, 9.17) is 4.98 Å². The second kappa shape index (κ2) is 8.85. The third kappa shape index (κ3) is 3.94. The predicted octanol–water partition coefficient (Wildman–Crippen LogP) is 2.75. The highest BCUT2D eigenvalue weighted by molar-refractivity contribution is 5.89. The summed E-state index contributed by atoms with van der Waals surface area (Å²) < 4.78 is 0. The third-order valence-electron chi connectivity index (χ3n) is 6.87. The number of rotatable bonds is 5. The van der Waals surface area contributed by atoms with Crippen LogP contribution in [-0.2, 0) is 24.2 Å². The number of nitrogens with zero attached hydrogens (tertiary/aromatic N) is 4. The van der Waals surface area contributed by atoms with Crippen LogP contribution in [0.4, 0.5) is 5.82 Å². The minimum Gasteiger partial charge on any atom is -0.480 e. The SMILES string of the molecule is N#Cc1cc2c(nc1N1CCN(C(C(=O)O)c3c[nH]c4cc(CO)ccc34)CC1)CCCC2. The number of carboxylic acids is 1. The molecule has 0 spiro atoms. The summed E-state index contributed by atoms with van der Waals surface area (Å²) in [6.45, 7) is 2.28. The molecule has 33 heavy (non-hydrogen) atoms. The predicted molar refractivity (Wildman–Crippen MR) is 124 cm³/mol. The van der Waals surface area contributed by atoms with Gasteiger partial charge in [0.15, 0.2) is 0 Å². The third-order valence-corrected chi connectivity index (χ3v) is 6.87. The molecule has 0 radical (unpaired) electrons. The molecule has 0 bridgehead atoms. The molecule has 3 heterocycles. The minimum absolute atomic E-state index is 0.0595. The van der Waals surface area contributed by atoms with Gasteiger partial charge in [0.05, 0.1) is 12.2 Å². The number of nitrogens with one attached hydrogen (secondary N) is 1. The van der Waals surface area contributed by atoms with E-state index in [1.807, 2.05) is 29.2 Å². The van der Waals surface area contributed by atoms with Gasteiger partial charge in [-0.25, -0.2) is 4.98 Å². The Kier molecular flexibility index (Phi) is 5.75. The number of nitriles is 1. The maximum Gasteiger partial charge on any atom is 0.325 e. The number of aliphatic hydroxyl groups is 1. The molecule has 0 saturated carbocycles. The first-order chi connectivity index (χ1) is 16.1. The Morgan fingerprint density at radius 2 is 1.97 bits per heavy atom. The fourth-order valence-electron chi connectivity index (χ4n) is 5.14. The van der Waals surface area contributed by atoms with Crippen LogP contribution >= 0.6 is 0 Å². The minimum atomic E-state index is -0.889. The van der Waals surface area contributed by atoms with E-state index in [1.165, 1.54) is 5.56 Å². The molecule has 1 fully saturated rings. The number of hydrogen-bond donors (Lipinski definition) is 3. The van der Waals surface area contributed by atoms with Crippen LogP contribution in [0.1, 0.15) is 46.8 Å². The Labute approximate surface area is 192 Å². The summed E-state index contributed by atoms with van der Waals surface area (Å²) >= 11 is 0. The molecule has 3 aromatic rings. The maximum absolute atomic E-state index is 12.3. The highest BCUT2D eigenvalue weighted by Crippen LogP contribution is 2.32. The van der Waals surface area contributed by atoms with Crippen LogP contribution in [-0.4, -0.2) is 57.2 Å². The molecule has 3 N–H and O–H groups in total. The average Bonchev–Trinajstić information content (AvgIpc) is 3.26. The molecule has 1 saturated heterocycles. The van der Waals surface area contributed by atoms with E-state index in [0.29, 0.717) is 31.7 Å². The highest BCUT2D eigenvalue weighted by Gasteiger charge is 2.33. The lowest BCUT2D eigenvalue weighted by Crippen LogP contribution is -2.49. The summed E-state index contributed by atoms with van der Waals surface area (Å²) in [5, 5.41) is 30.0. The van der Waals surface area contributed by atoms with Crippen molar-refractivity contribution < 1.29 is 15.0 Å². The number of carboxylic acid groups (broad SMARTS) is 1. The number of benzene rings is 1. The lowest BCUT2D eigenvalue weighted by Gasteiger charge is -2.38. The van der Waals surface area contributed by atoms with E-state index in [9.17, 15) is 20.3 Å². The molecule has 5 rings (SSSR count). The summed E-state index contributed by atoms with van der Waals surface area (Å²) in [6, 6.07) is 9.08. The number of aliphatic carboxylic acids is 1. The number of aromatic amines is 1.